The number of hydrogen-bond donors (Lipinski definition) is 2. The Kier molecular flexibility index (Phi) is 6.12. The van der Waals surface area contributed by atoms with Crippen LogP contribution in [0.15, 0.2) is 60.7 Å². The largest absolute Gasteiger partial charge is 0.445 e. The molecule has 1 amide bonds. The van der Waals surface area contributed by atoms with Crippen molar-refractivity contribution in [3.8, 4) is 0 Å². The van der Waals surface area contributed by atoms with E-state index in [9.17, 15) is 9.90 Å². The van der Waals surface area contributed by atoms with Crippen molar-refractivity contribution in [3.05, 3.63) is 66.2 Å². The number of anilines is 1. The fraction of sp³-hybridized carbons (Fsp3) is 0.381. The molecule has 2 N–H and O–H groups in total. The topological polar surface area (TPSA) is 61.8 Å². The summed E-state index contributed by atoms with van der Waals surface area (Å²) in [5.74, 6) is 0. The van der Waals surface area contributed by atoms with E-state index in [4.69, 9.17) is 4.74 Å². The normalized spacial score (nSPS) is 16.1. The summed E-state index contributed by atoms with van der Waals surface area (Å²) in [4.78, 5) is 14.1. The van der Waals surface area contributed by atoms with E-state index in [0.717, 1.165) is 18.7 Å². The van der Waals surface area contributed by atoms with Crippen LogP contribution in [0.5, 0.6) is 0 Å². The van der Waals surface area contributed by atoms with E-state index in [1.165, 1.54) is 5.69 Å². The Morgan fingerprint density at radius 1 is 1.04 bits per heavy atom. The zero-order valence-corrected chi connectivity index (χ0v) is 14.9. The number of nitrogens with zero attached hydrogens (tertiary/aromatic N) is 1. The Labute approximate surface area is 154 Å². The minimum Gasteiger partial charge on any atom is -0.445 e. The summed E-state index contributed by atoms with van der Waals surface area (Å²) < 4.78 is 5.19. The maximum absolute atomic E-state index is 11.8. The second-order valence-corrected chi connectivity index (χ2v) is 6.79. The van der Waals surface area contributed by atoms with Crippen LogP contribution in [0.1, 0.15) is 24.8 Å². The fourth-order valence-corrected chi connectivity index (χ4v) is 3.24. The van der Waals surface area contributed by atoms with Crippen LogP contribution in [-0.2, 0) is 11.3 Å². The van der Waals surface area contributed by atoms with Crippen molar-refractivity contribution in [1.82, 2.24) is 5.32 Å². The van der Waals surface area contributed by atoms with E-state index >= 15 is 0 Å². The first-order valence-corrected chi connectivity index (χ1v) is 9.12. The molecule has 0 bridgehead atoms. The highest BCUT2D eigenvalue weighted by Crippen LogP contribution is 2.28. The number of piperidine rings is 1. The van der Waals surface area contributed by atoms with E-state index in [-0.39, 0.29) is 6.61 Å². The number of para-hydroxylation sites is 1. The van der Waals surface area contributed by atoms with Crippen molar-refractivity contribution < 1.29 is 14.6 Å². The standard InChI is InChI=1S/C21H26N2O3/c24-20(26-17-18-7-3-1-4-8-18)22-14-11-21(25)12-15-23(16-13-21)19-9-5-2-6-10-19/h1-10,25H,11-17H2,(H,22,24). The lowest BCUT2D eigenvalue weighted by Gasteiger charge is -2.39. The summed E-state index contributed by atoms with van der Waals surface area (Å²) >= 11 is 0. The van der Waals surface area contributed by atoms with Crippen molar-refractivity contribution in [3.63, 3.8) is 0 Å². The van der Waals surface area contributed by atoms with Crippen LogP contribution < -0.4 is 10.2 Å². The highest BCUT2D eigenvalue weighted by Gasteiger charge is 2.32. The molecule has 138 valence electrons. The van der Waals surface area contributed by atoms with E-state index < -0.39 is 11.7 Å². The molecule has 0 unspecified atom stereocenters. The third-order valence-electron chi connectivity index (χ3n) is 4.89. The summed E-state index contributed by atoms with van der Waals surface area (Å²) in [5, 5.41) is 13.5. The number of carbonyl (C=O) groups is 1. The van der Waals surface area contributed by atoms with E-state index in [2.05, 4.69) is 22.3 Å². The number of ether oxygens (including phenoxy) is 1. The Morgan fingerprint density at radius 2 is 1.65 bits per heavy atom. The molecule has 3 rings (SSSR count). The SMILES string of the molecule is O=C(NCCC1(O)CCN(c2ccccc2)CC1)OCc1ccccc1. The second-order valence-electron chi connectivity index (χ2n) is 6.79. The molecular formula is C21H26N2O3. The summed E-state index contributed by atoms with van der Waals surface area (Å²) in [6, 6.07) is 19.8. The lowest BCUT2D eigenvalue weighted by Crippen LogP contribution is -2.46. The summed E-state index contributed by atoms with van der Waals surface area (Å²) in [6.07, 6.45) is 1.49. The molecule has 2 aromatic rings. The molecule has 1 fully saturated rings. The van der Waals surface area contributed by atoms with Gasteiger partial charge in [-0.2, -0.15) is 0 Å². The van der Waals surface area contributed by atoms with Crippen LogP contribution in [0, 0.1) is 0 Å². The highest BCUT2D eigenvalue weighted by atomic mass is 16.5. The maximum Gasteiger partial charge on any atom is 0.407 e. The number of benzene rings is 2. The predicted octanol–water partition coefficient (Wildman–Crippen LogP) is 3.33. The van der Waals surface area contributed by atoms with Crippen LogP contribution in [-0.4, -0.2) is 36.4 Å². The molecule has 26 heavy (non-hydrogen) atoms. The van der Waals surface area contributed by atoms with Gasteiger partial charge in [-0.05, 0) is 37.0 Å². The average Bonchev–Trinajstić information content (AvgIpc) is 2.68. The van der Waals surface area contributed by atoms with Gasteiger partial charge in [0.25, 0.3) is 0 Å². The molecule has 0 spiro atoms. The van der Waals surface area contributed by atoms with Gasteiger partial charge in [-0.25, -0.2) is 4.79 Å². The predicted molar refractivity (Wildman–Crippen MR) is 102 cm³/mol. The molecule has 5 heteroatoms. The van der Waals surface area contributed by atoms with Gasteiger partial charge in [0, 0.05) is 25.3 Å². The minimum atomic E-state index is -0.724. The van der Waals surface area contributed by atoms with Crippen LogP contribution in [0.4, 0.5) is 10.5 Å². The van der Waals surface area contributed by atoms with Gasteiger partial charge in [-0.3, -0.25) is 0 Å². The van der Waals surface area contributed by atoms with Crippen molar-refractivity contribution in [1.29, 1.82) is 0 Å². The van der Waals surface area contributed by atoms with Crippen molar-refractivity contribution in [2.45, 2.75) is 31.5 Å². The lowest BCUT2D eigenvalue weighted by molar-refractivity contribution is 0.00839. The first-order valence-electron chi connectivity index (χ1n) is 9.12. The van der Waals surface area contributed by atoms with Gasteiger partial charge in [0.15, 0.2) is 0 Å². The van der Waals surface area contributed by atoms with E-state index in [1.54, 1.807) is 0 Å². The quantitative estimate of drug-likeness (QED) is 0.835. The third-order valence-corrected chi connectivity index (χ3v) is 4.89. The molecular weight excluding hydrogens is 328 g/mol. The minimum absolute atomic E-state index is 0.253. The summed E-state index contributed by atoms with van der Waals surface area (Å²) in [7, 11) is 0. The van der Waals surface area contributed by atoms with E-state index in [1.807, 2.05) is 48.5 Å². The van der Waals surface area contributed by atoms with Gasteiger partial charge in [0.1, 0.15) is 6.61 Å². The fourth-order valence-electron chi connectivity index (χ4n) is 3.24. The molecule has 0 radical (unpaired) electrons. The van der Waals surface area contributed by atoms with Crippen LogP contribution in [0.25, 0.3) is 0 Å². The Bertz CT molecular complexity index is 683. The molecule has 1 saturated heterocycles. The number of alkyl carbamates (subject to hydrolysis) is 1. The zero-order valence-electron chi connectivity index (χ0n) is 14.9. The molecule has 1 aliphatic rings. The number of aliphatic hydroxyl groups is 1. The Morgan fingerprint density at radius 3 is 2.31 bits per heavy atom. The zero-order chi connectivity index (χ0) is 18.2. The van der Waals surface area contributed by atoms with Gasteiger partial charge >= 0.3 is 6.09 Å². The Balaban J connectivity index is 1.36. The van der Waals surface area contributed by atoms with Gasteiger partial charge in [-0.1, -0.05) is 48.5 Å². The number of rotatable bonds is 6. The number of nitrogens with one attached hydrogen (secondary N) is 1. The van der Waals surface area contributed by atoms with Crippen LogP contribution in [0.2, 0.25) is 0 Å². The van der Waals surface area contributed by atoms with Crippen molar-refractivity contribution in [2.75, 3.05) is 24.5 Å². The second kappa shape index (κ2) is 8.72. The number of amides is 1. The maximum atomic E-state index is 11.8. The molecule has 2 aromatic carbocycles. The first kappa shape index (κ1) is 18.3. The van der Waals surface area contributed by atoms with Crippen molar-refractivity contribution >= 4 is 11.8 Å². The van der Waals surface area contributed by atoms with Gasteiger partial charge in [0.2, 0.25) is 0 Å². The van der Waals surface area contributed by atoms with Gasteiger partial charge < -0.3 is 20.1 Å². The van der Waals surface area contributed by atoms with Gasteiger partial charge in [-0.15, -0.1) is 0 Å². The Hall–Kier alpha value is -2.53. The van der Waals surface area contributed by atoms with Crippen molar-refractivity contribution in [2.24, 2.45) is 0 Å². The van der Waals surface area contributed by atoms with Crippen LogP contribution in [0.3, 0.4) is 0 Å². The molecule has 5 nitrogen and oxygen atoms in total. The summed E-state index contributed by atoms with van der Waals surface area (Å²) in [6.45, 7) is 2.30. The monoisotopic (exact) mass is 354 g/mol. The van der Waals surface area contributed by atoms with Crippen LogP contribution >= 0.6 is 0 Å². The molecule has 0 saturated carbocycles. The molecule has 1 aliphatic heterocycles. The summed E-state index contributed by atoms with van der Waals surface area (Å²) in [5.41, 5.74) is 1.42. The highest BCUT2D eigenvalue weighted by molar-refractivity contribution is 5.67. The lowest BCUT2D eigenvalue weighted by atomic mass is 9.88. The molecule has 1 heterocycles. The molecule has 0 atom stereocenters. The number of carbonyl (C=O) groups excluding carboxylic acids is 1. The smallest absolute Gasteiger partial charge is 0.407 e. The molecule has 0 aliphatic carbocycles. The third kappa shape index (κ3) is 5.23. The molecule has 0 aromatic heterocycles. The first-order chi connectivity index (χ1) is 12.6. The number of hydrogen-bond acceptors (Lipinski definition) is 4. The van der Waals surface area contributed by atoms with Gasteiger partial charge in [0.05, 0.1) is 5.60 Å². The average molecular weight is 354 g/mol. The van der Waals surface area contributed by atoms with E-state index in [0.29, 0.717) is 25.8 Å².